The summed E-state index contributed by atoms with van der Waals surface area (Å²) in [6, 6.07) is 9.00. The zero-order chi connectivity index (χ0) is 21.5. The number of halogens is 2. The fourth-order valence-electron chi connectivity index (χ4n) is 4.82. The van der Waals surface area contributed by atoms with Crippen LogP contribution in [0.2, 0.25) is 0 Å². The van der Waals surface area contributed by atoms with Crippen molar-refractivity contribution in [1.82, 2.24) is 9.88 Å². The number of hydrogen-bond donors (Lipinski definition) is 0. The van der Waals surface area contributed by atoms with E-state index in [1.165, 1.54) is 0 Å². The fourth-order valence-corrected chi connectivity index (χ4v) is 5.73. The molecule has 2 bridgehead atoms. The van der Waals surface area contributed by atoms with E-state index in [0.29, 0.717) is 41.6 Å². The van der Waals surface area contributed by atoms with E-state index >= 15 is 0 Å². The van der Waals surface area contributed by atoms with Crippen LogP contribution in [0.4, 0.5) is 0 Å². The Morgan fingerprint density at radius 2 is 2.20 bits per heavy atom. The molecule has 0 spiro atoms. The van der Waals surface area contributed by atoms with Crippen LogP contribution >= 0.6 is 23.2 Å². The highest BCUT2D eigenvalue weighted by Gasteiger charge is 2.65. The van der Waals surface area contributed by atoms with Crippen molar-refractivity contribution in [2.45, 2.75) is 28.9 Å². The fraction of sp³-hybridized carbons (Fsp3) is 0.409. The van der Waals surface area contributed by atoms with Gasteiger partial charge in [0.2, 0.25) is 0 Å². The van der Waals surface area contributed by atoms with Gasteiger partial charge in [0.05, 0.1) is 24.7 Å². The van der Waals surface area contributed by atoms with Crippen LogP contribution in [-0.4, -0.2) is 34.6 Å². The molecule has 2 unspecified atom stereocenters. The summed E-state index contributed by atoms with van der Waals surface area (Å²) < 4.78 is 10.9. The molecular formula is C22H20Cl2N4O2. The van der Waals surface area contributed by atoms with Gasteiger partial charge < -0.3 is 9.47 Å². The van der Waals surface area contributed by atoms with E-state index in [4.69, 9.17) is 32.7 Å². The molecule has 5 rings (SSSR count). The van der Waals surface area contributed by atoms with Gasteiger partial charge in [0.1, 0.15) is 5.75 Å². The molecule has 154 valence electrons. The van der Waals surface area contributed by atoms with Crippen LogP contribution in [0.1, 0.15) is 18.4 Å². The average molecular weight is 443 g/mol. The maximum atomic E-state index is 9.76. The molecule has 1 aromatic heterocycles. The number of ether oxygens (including phenoxy) is 2. The molecule has 4 heterocycles. The highest BCUT2D eigenvalue weighted by atomic mass is 35.5. The Bertz CT molecular complexity index is 1080. The molecule has 0 radical (unpaired) electrons. The third-order valence-corrected chi connectivity index (χ3v) is 7.66. The molecule has 6 atom stereocenters. The Morgan fingerprint density at radius 1 is 1.40 bits per heavy atom. The third-order valence-electron chi connectivity index (χ3n) is 6.33. The number of nitrogens with zero attached hydrogens (tertiary/aromatic N) is 4. The van der Waals surface area contributed by atoms with E-state index in [0.717, 1.165) is 0 Å². The first kappa shape index (κ1) is 20.8. The molecule has 2 aromatic rings. The van der Waals surface area contributed by atoms with E-state index in [1.54, 1.807) is 43.8 Å². The monoisotopic (exact) mass is 442 g/mol. The van der Waals surface area contributed by atoms with Crippen molar-refractivity contribution >= 4 is 34.1 Å². The van der Waals surface area contributed by atoms with Crippen molar-refractivity contribution in [1.29, 1.82) is 10.5 Å². The Morgan fingerprint density at radius 3 is 2.83 bits per heavy atom. The number of pyridine rings is 1. The van der Waals surface area contributed by atoms with Crippen molar-refractivity contribution in [2.24, 2.45) is 11.8 Å². The minimum absolute atomic E-state index is 0.109. The van der Waals surface area contributed by atoms with Crippen LogP contribution in [0, 0.1) is 34.7 Å². The lowest BCUT2D eigenvalue weighted by Crippen LogP contribution is -2.69. The molecule has 1 aromatic carbocycles. The van der Waals surface area contributed by atoms with Gasteiger partial charge in [0.15, 0.2) is 5.00 Å². The predicted molar refractivity (Wildman–Crippen MR) is 114 cm³/mol. The number of piperidine rings is 3. The largest absolute Gasteiger partial charge is 0.497 e. The number of fused-ring (bicyclic) bond motifs is 4. The second kappa shape index (κ2) is 7.63. The van der Waals surface area contributed by atoms with Gasteiger partial charge >= 0.3 is 0 Å². The summed E-state index contributed by atoms with van der Waals surface area (Å²) in [6.45, 7) is 4.45. The van der Waals surface area contributed by atoms with Crippen molar-refractivity contribution in [3.8, 4) is 18.1 Å². The highest BCUT2D eigenvalue weighted by molar-refractivity contribution is 6.34. The minimum Gasteiger partial charge on any atom is -0.497 e. The van der Waals surface area contributed by atoms with E-state index in [1.807, 2.05) is 11.0 Å². The quantitative estimate of drug-likeness (QED) is 0.293. The van der Waals surface area contributed by atoms with Crippen LogP contribution in [0.25, 0.3) is 10.9 Å². The van der Waals surface area contributed by atoms with Gasteiger partial charge in [-0.15, -0.1) is 6.58 Å². The van der Waals surface area contributed by atoms with Crippen LogP contribution < -0.4 is 4.74 Å². The van der Waals surface area contributed by atoms with Crippen LogP contribution in [-0.2, 0) is 9.80 Å². The Balaban J connectivity index is 1.92. The van der Waals surface area contributed by atoms with E-state index < -0.39 is 16.1 Å². The van der Waals surface area contributed by atoms with Gasteiger partial charge in [-0.1, -0.05) is 29.3 Å². The Hall–Kier alpha value is -2.51. The minimum atomic E-state index is -1.74. The first-order chi connectivity index (χ1) is 14.4. The van der Waals surface area contributed by atoms with Crippen molar-refractivity contribution in [3.05, 3.63) is 48.7 Å². The molecule has 3 aliphatic heterocycles. The molecule has 3 saturated heterocycles. The predicted octanol–water partition coefficient (Wildman–Crippen LogP) is 4.49. The van der Waals surface area contributed by atoms with E-state index in [9.17, 15) is 10.5 Å². The van der Waals surface area contributed by atoms with Gasteiger partial charge in [-0.05, 0) is 48.9 Å². The number of hydrogen-bond acceptors (Lipinski definition) is 6. The number of nitriles is 2. The molecule has 0 amide bonds. The van der Waals surface area contributed by atoms with Crippen LogP contribution in [0.3, 0.4) is 0 Å². The maximum absolute atomic E-state index is 9.76. The van der Waals surface area contributed by atoms with Gasteiger partial charge in [0, 0.05) is 23.7 Å². The molecule has 0 saturated carbocycles. The molecule has 30 heavy (non-hydrogen) atoms. The summed E-state index contributed by atoms with van der Waals surface area (Å²) in [5.74, 6) is 0.917. The lowest BCUT2D eigenvalue weighted by Gasteiger charge is -2.59. The average Bonchev–Trinajstić information content (AvgIpc) is 2.77. The zero-order valence-corrected chi connectivity index (χ0v) is 17.9. The van der Waals surface area contributed by atoms with Crippen molar-refractivity contribution in [3.63, 3.8) is 0 Å². The summed E-state index contributed by atoms with van der Waals surface area (Å²) in [7, 11) is 1.57. The first-order valence-corrected chi connectivity index (χ1v) is 10.3. The number of aromatic nitrogens is 1. The molecule has 6 nitrogen and oxygen atoms in total. The maximum Gasteiger partial charge on any atom is 0.288 e. The third kappa shape index (κ3) is 2.91. The summed E-state index contributed by atoms with van der Waals surface area (Å²) in [4.78, 5) is 4.93. The molecule has 0 aliphatic carbocycles. The normalized spacial score (nSPS) is 31.9. The molecular weight excluding hydrogens is 423 g/mol. The summed E-state index contributed by atoms with van der Waals surface area (Å²) >= 11 is 14.4. The summed E-state index contributed by atoms with van der Waals surface area (Å²) in [5, 5.41) is 18.2. The van der Waals surface area contributed by atoms with Crippen LogP contribution in [0.5, 0.6) is 5.75 Å². The molecule has 8 heteroatoms. The number of alkyl halides is 2. The molecule has 3 aliphatic rings. The lowest BCUT2D eigenvalue weighted by molar-refractivity contribution is -0.107. The molecule has 3 fully saturated rings. The number of benzene rings is 1. The van der Waals surface area contributed by atoms with Gasteiger partial charge in [0.25, 0.3) is 11.3 Å². The second-order valence-electron chi connectivity index (χ2n) is 7.69. The standard InChI is InChI=1S/C22H20Cl2N4O2/c1-3-14-12-28-16(11-25)8-15(14)10-21(28,23)22(24,30-13-26)19-6-7-27-20-5-4-17(29-2)9-18(19)20/h3-7,9,14-16H,1,8,10,12H2,2H3/t14-,15-,16?,21-,22+/m0/s1. The SMILES string of the molecule is C=C[C@H]1CN2C(C#N)C[C@H]1C[C@@]2(Cl)[C@](Cl)(OC#N)c1ccnc2ccc(OC)cc12. The zero-order valence-electron chi connectivity index (χ0n) is 16.4. The summed E-state index contributed by atoms with van der Waals surface area (Å²) in [6.07, 6.45) is 6.36. The van der Waals surface area contributed by atoms with Gasteiger partial charge in [-0.3, -0.25) is 9.88 Å². The Labute approximate surface area is 185 Å². The van der Waals surface area contributed by atoms with Crippen LogP contribution in [0.15, 0.2) is 43.1 Å². The van der Waals surface area contributed by atoms with Crippen molar-refractivity contribution < 1.29 is 9.47 Å². The lowest BCUT2D eigenvalue weighted by atomic mass is 9.70. The number of rotatable bonds is 5. The topological polar surface area (TPSA) is 82.2 Å². The van der Waals surface area contributed by atoms with E-state index in [-0.39, 0.29) is 11.8 Å². The number of methoxy groups -OCH3 is 1. The summed E-state index contributed by atoms with van der Waals surface area (Å²) in [5.41, 5.74) is 1.17. The Kier molecular flexibility index (Phi) is 5.28. The van der Waals surface area contributed by atoms with Gasteiger partial charge in [-0.2, -0.15) is 10.5 Å². The highest BCUT2D eigenvalue weighted by Crippen LogP contribution is 2.58. The van der Waals surface area contributed by atoms with Crippen molar-refractivity contribution in [2.75, 3.05) is 13.7 Å². The second-order valence-corrected chi connectivity index (χ2v) is 8.84. The van der Waals surface area contributed by atoms with Gasteiger partial charge in [-0.25, -0.2) is 0 Å². The molecule has 0 N–H and O–H groups in total. The van der Waals surface area contributed by atoms with E-state index in [2.05, 4.69) is 17.6 Å². The first-order valence-electron chi connectivity index (χ1n) is 9.59. The smallest absolute Gasteiger partial charge is 0.288 e.